The van der Waals surface area contributed by atoms with Gasteiger partial charge in [-0.2, -0.15) is 0 Å². The van der Waals surface area contributed by atoms with Gasteiger partial charge in [-0.05, 0) is 44.0 Å². The fraction of sp³-hybridized carbons (Fsp3) is 0.500. The largest absolute Gasteiger partial charge is 0.325 e. The molecule has 1 saturated carbocycles. The Morgan fingerprint density at radius 2 is 2.17 bits per heavy atom. The Kier molecular flexibility index (Phi) is 2.21. The van der Waals surface area contributed by atoms with Crippen molar-refractivity contribution in [2.24, 2.45) is 0 Å². The molecule has 2 heterocycles. The Balaban J connectivity index is 1.92. The average Bonchev–Trinajstić information content (AvgIpc) is 2.93. The van der Waals surface area contributed by atoms with Crippen LogP contribution in [0.15, 0.2) is 18.2 Å². The molecular weight excluding hydrogens is 229 g/mol. The van der Waals surface area contributed by atoms with Gasteiger partial charge in [0.1, 0.15) is 11.6 Å². The maximum atomic E-state index is 13.4. The van der Waals surface area contributed by atoms with Crippen molar-refractivity contribution < 1.29 is 4.39 Å². The number of imidazole rings is 1. The zero-order valence-corrected chi connectivity index (χ0v) is 10.2. The Labute approximate surface area is 105 Å². The van der Waals surface area contributed by atoms with E-state index in [-0.39, 0.29) is 5.82 Å². The molecule has 18 heavy (non-hydrogen) atoms. The van der Waals surface area contributed by atoms with Crippen molar-refractivity contribution in [1.29, 1.82) is 0 Å². The Hall–Kier alpha value is -1.42. The first kappa shape index (κ1) is 10.5. The number of fused-ring (bicyclic) bond motifs is 1. The van der Waals surface area contributed by atoms with Crippen LogP contribution in [0.2, 0.25) is 0 Å². The number of benzene rings is 1. The molecule has 1 atom stereocenters. The highest BCUT2D eigenvalue weighted by Crippen LogP contribution is 2.41. The third-order valence-electron chi connectivity index (χ3n) is 4.02. The van der Waals surface area contributed by atoms with E-state index in [0.29, 0.717) is 12.0 Å². The number of hydrogen-bond acceptors (Lipinski definition) is 2. The molecular formula is C14H16FN3. The van der Waals surface area contributed by atoms with Crippen LogP contribution >= 0.6 is 0 Å². The number of halogens is 1. The summed E-state index contributed by atoms with van der Waals surface area (Å²) in [4.78, 5) is 4.75. The monoisotopic (exact) mass is 245 g/mol. The number of hydrogen-bond donors (Lipinski definition) is 1. The lowest BCUT2D eigenvalue weighted by Crippen LogP contribution is -2.12. The highest BCUT2D eigenvalue weighted by Gasteiger charge is 2.32. The lowest BCUT2D eigenvalue weighted by molar-refractivity contribution is 0.615. The van der Waals surface area contributed by atoms with E-state index in [1.165, 1.54) is 18.9 Å². The molecule has 0 spiro atoms. The molecule has 2 aliphatic rings. The van der Waals surface area contributed by atoms with Gasteiger partial charge in [-0.1, -0.05) is 0 Å². The summed E-state index contributed by atoms with van der Waals surface area (Å²) in [6.07, 6.45) is 3.54. The molecule has 1 saturated heterocycles. The fourth-order valence-corrected chi connectivity index (χ4v) is 2.96. The molecule has 1 N–H and O–H groups in total. The predicted molar refractivity (Wildman–Crippen MR) is 68.2 cm³/mol. The lowest BCUT2D eigenvalue weighted by Gasteiger charge is -2.12. The standard InChI is InChI=1S/C14H16FN3/c15-10-1-4-12-13(7-10)18(11-2-3-11)14(17-12)9-5-6-16-8-9/h1,4,7,9,11,16H,2-3,5-6,8H2. The molecule has 94 valence electrons. The Morgan fingerprint density at radius 1 is 1.28 bits per heavy atom. The zero-order valence-electron chi connectivity index (χ0n) is 10.2. The summed E-state index contributed by atoms with van der Waals surface area (Å²) < 4.78 is 15.7. The summed E-state index contributed by atoms with van der Waals surface area (Å²) in [5.74, 6) is 1.48. The SMILES string of the molecule is Fc1ccc2nc(C3CCNC3)n(C3CC3)c2c1. The number of aromatic nitrogens is 2. The summed E-state index contributed by atoms with van der Waals surface area (Å²) in [7, 11) is 0. The van der Waals surface area contributed by atoms with Gasteiger partial charge in [0, 0.05) is 18.5 Å². The van der Waals surface area contributed by atoms with Crippen molar-refractivity contribution in [3.63, 3.8) is 0 Å². The quantitative estimate of drug-likeness (QED) is 0.881. The smallest absolute Gasteiger partial charge is 0.125 e. The van der Waals surface area contributed by atoms with E-state index in [1.807, 2.05) is 0 Å². The third-order valence-corrected chi connectivity index (χ3v) is 4.02. The van der Waals surface area contributed by atoms with Gasteiger partial charge in [-0.3, -0.25) is 0 Å². The van der Waals surface area contributed by atoms with E-state index in [4.69, 9.17) is 4.98 Å². The van der Waals surface area contributed by atoms with Crippen molar-refractivity contribution >= 4 is 11.0 Å². The molecule has 1 aliphatic carbocycles. The first-order valence-electron chi connectivity index (χ1n) is 6.71. The second kappa shape index (κ2) is 3.79. The van der Waals surface area contributed by atoms with Gasteiger partial charge in [0.05, 0.1) is 11.0 Å². The second-order valence-electron chi connectivity index (χ2n) is 5.39. The van der Waals surface area contributed by atoms with Gasteiger partial charge in [0.25, 0.3) is 0 Å². The van der Waals surface area contributed by atoms with Gasteiger partial charge in [0.15, 0.2) is 0 Å². The van der Waals surface area contributed by atoms with Crippen LogP contribution in [0.3, 0.4) is 0 Å². The molecule has 4 rings (SSSR count). The predicted octanol–water partition coefficient (Wildman–Crippen LogP) is 2.59. The van der Waals surface area contributed by atoms with Crippen LogP contribution in [0.4, 0.5) is 4.39 Å². The van der Waals surface area contributed by atoms with E-state index in [9.17, 15) is 4.39 Å². The van der Waals surface area contributed by atoms with Crippen LogP contribution < -0.4 is 5.32 Å². The van der Waals surface area contributed by atoms with E-state index < -0.39 is 0 Å². The molecule has 1 unspecified atom stereocenters. The zero-order chi connectivity index (χ0) is 12.1. The van der Waals surface area contributed by atoms with Crippen LogP contribution in [0.1, 0.15) is 37.0 Å². The minimum Gasteiger partial charge on any atom is -0.325 e. The fourth-order valence-electron chi connectivity index (χ4n) is 2.96. The van der Waals surface area contributed by atoms with E-state index in [1.54, 1.807) is 12.1 Å². The number of rotatable bonds is 2. The van der Waals surface area contributed by atoms with E-state index in [0.717, 1.165) is 36.4 Å². The van der Waals surface area contributed by atoms with Crippen molar-refractivity contribution in [2.75, 3.05) is 13.1 Å². The normalized spacial score (nSPS) is 23.9. The van der Waals surface area contributed by atoms with E-state index in [2.05, 4.69) is 9.88 Å². The van der Waals surface area contributed by atoms with Crippen LogP contribution in [-0.2, 0) is 0 Å². The van der Waals surface area contributed by atoms with Gasteiger partial charge in [0.2, 0.25) is 0 Å². The van der Waals surface area contributed by atoms with E-state index >= 15 is 0 Å². The average molecular weight is 245 g/mol. The van der Waals surface area contributed by atoms with Gasteiger partial charge in [-0.25, -0.2) is 9.37 Å². The van der Waals surface area contributed by atoms with Gasteiger partial charge in [-0.15, -0.1) is 0 Å². The molecule has 1 aliphatic heterocycles. The molecule has 0 amide bonds. The van der Waals surface area contributed by atoms with Crippen LogP contribution in [0, 0.1) is 5.82 Å². The minimum atomic E-state index is -0.166. The molecule has 4 heteroatoms. The summed E-state index contributed by atoms with van der Waals surface area (Å²) in [6, 6.07) is 5.48. The lowest BCUT2D eigenvalue weighted by atomic mass is 10.1. The van der Waals surface area contributed by atoms with Crippen molar-refractivity contribution in [3.8, 4) is 0 Å². The molecule has 1 aromatic carbocycles. The first-order chi connectivity index (χ1) is 8.83. The number of nitrogens with zero attached hydrogens (tertiary/aromatic N) is 2. The van der Waals surface area contributed by atoms with Crippen LogP contribution in [0.25, 0.3) is 11.0 Å². The highest BCUT2D eigenvalue weighted by molar-refractivity contribution is 5.76. The van der Waals surface area contributed by atoms with Crippen molar-refractivity contribution in [1.82, 2.24) is 14.9 Å². The van der Waals surface area contributed by atoms with Crippen LogP contribution in [0.5, 0.6) is 0 Å². The Morgan fingerprint density at radius 3 is 2.89 bits per heavy atom. The van der Waals surface area contributed by atoms with Gasteiger partial charge >= 0.3 is 0 Å². The minimum absolute atomic E-state index is 0.166. The molecule has 2 fully saturated rings. The summed E-state index contributed by atoms with van der Waals surface area (Å²) >= 11 is 0. The number of nitrogens with one attached hydrogen (secondary N) is 1. The second-order valence-corrected chi connectivity index (χ2v) is 5.39. The first-order valence-corrected chi connectivity index (χ1v) is 6.71. The summed E-state index contributed by atoms with van der Waals surface area (Å²) in [5.41, 5.74) is 1.91. The van der Waals surface area contributed by atoms with Gasteiger partial charge < -0.3 is 9.88 Å². The van der Waals surface area contributed by atoms with Crippen molar-refractivity contribution in [2.45, 2.75) is 31.2 Å². The summed E-state index contributed by atoms with van der Waals surface area (Å²) in [5, 5.41) is 3.39. The van der Waals surface area contributed by atoms with Crippen molar-refractivity contribution in [3.05, 3.63) is 29.8 Å². The summed E-state index contributed by atoms with van der Waals surface area (Å²) in [6.45, 7) is 2.06. The third kappa shape index (κ3) is 1.56. The molecule has 1 aromatic heterocycles. The maximum absolute atomic E-state index is 13.4. The molecule has 2 aromatic rings. The topological polar surface area (TPSA) is 29.9 Å². The molecule has 0 bridgehead atoms. The van der Waals surface area contributed by atoms with Crippen LogP contribution in [-0.4, -0.2) is 22.6 Å². The maximum Gasteiger partial charge on any atom is 0.125 e. The molecule has 3 nitrogen and oxygen atoms in total. The Bertz CT molecular complexity index is 594. The highest BCUT2D eigenvalue weighted by atomic mass is 19.1. The molecule has 0 radical (unpaired) electrons.